The van der Waals surface area contributed by atoms with Gasteiger partial charge in [0, 0.05) is 15.9 Å². The molecule has 0 aliphatic rings. The molecule has 4 nitrogen and oxygen atoms in total. The van der Waals surface area contributed by atoms with Gasteiger partial charge in [0.05, 0.1) is 12.8 Å². The number of nitrogens with two attached hydrogens (primary N) is 1. The lowest BCUT2D eigenvalue weighted by atomic mass is 10.1. The monoisotopic (exact) mass is 344 g/mol. The van der Waals surface area contributed by atoms with Crippen LogP contribution in [0, 0.1) is 0 Å². The maximum absolute atomic E-state index is 12.7. The lowest BCUT2D eigenvalue weighted by Crippen LogP contribution is -2.21. The zero-order chi connectivity index (χ0) is 15.0. The Balaban J connectivity index is 2.38. The van der Waals surface area contributed by atoms with Crippen LogP contribution >= 0.6 is 15.9 Å². The van der Waals surface area contributed by atoms with Gasteiger partial charge in [0.2, 0.25) is 0 Å². The molecular formula is C16H13BrN2O2. The van der Waals surface area contributed by atoms with Crippen molar-refractivity contribution in [2.45, 2.75) is 0 Å². The van der Waals surface area contributed by atoms with E-state index in [0.29, 0.717) is 22.6 Å². The van der Waals surface area contributed by atoms with Crippen LogP contribution in [-0.4, -0.2) is 11.7 Å². The number of methoxy groups -OCH3 is 1. The van der Waals surface area contributed by atoms with Crippen LogP contribution in [0.25, 0.3) is 16.5 Å². The Labute approximate surface area is 129 Å². The molecule has 2 aromatic carbocycles. The predicted octanol–water partition coefficient (Wildman–Crippen LogP) is 3.34. The fourth-order valence-corrected chi connectivity index (χ4v) is 2.74. The summed E-state index contributed by atoms with van der Waals surface area (Å²) in [6.07, 6.45) is 0. The van der Waals surface area contributed by atoms with E-state index in [0.717, 1.165) is 9.86 Å². The lowest BCUT2D eigenvalue weighted by molar-refractivity contribution is 0.414. The number of nitrogens with zero attached hydrogens (tertiary/aromatic N) is 1. The predicted molar refractivity (Wildman–Crippen MR) is 88.2 cm³/mol. The molecule has 0 amide bonds. The van der Waals surface area contributed by atoms with Crippen molar-refractivity contribution in [3.05, 3.63) is 63.4 Å². The van der Waals surface area contributed by atoms with E-state index in [9.17, 15) is 4.79 Å². The molecule has 0 atom stereocenters. The minimum Gasteiger partial charge on any atom is -0.497 e. The number of ether oxygens (including phenoxy) is 1. The van der Waals surface area contributed by atoms with Crippen molar-refractivity contribution in [1.82, 2.24) is 4.57 Å². The molecule has 0 bridgehead atoms. The van der Waals surface area contributed by atoms with Crippen LogP contribution in [0.4, 0.5) is 5.82 Å². The van der Waals surface area contributed by atoms with Crippen LogP contribution in [-0.2, 0) is 0 Å². The molecular weight excluding hydrogens is 332 g/mol. The van der Waals surface area contributed by atoms with E-state index < -0.39 is 0 Å². The second-order valence-corrected chi connectivity index (χ2v) is 5.47. The molecule has 1 aromatic heterocycles. The van der Waals surface area contributed by atoms with Crippen molar-refractivity contribution < 1.29 is 4.74 Å². The average Bonchev–Trinajstić information content (AvgIpc) is 2.49. The highest BCUT2D eigenvalue weighted by atomic mass is 79.9. The van der Waals surface area contributed by atoms with E-state index in [1.807, 2.05) is 30.3 Å². The van der Waals surface area contributed by atoms with Gasteiger partial charge in [-0.25, -0.2) is 0 Å². The Hall–Kier alpha value is -2.27. The second kappa shape index (κ2) is 5.26. The third-order valence-electron chi connectivity index (χ3n) is 3.35. The number of rotatable bonds is 2. The number of hydrogen-bond donors (Lipinski definition) is 1. The van der Waals surface area contributed by atoms with Crippen molar-refractivity contribution in [3.63, 3.8) is 0 Å². The van der Waals surface area contributed by atoms with Crippen molar-refractivity contribution in [1.29, 1.82) is 0 Å². The first-order chi connectivity index (χ1) is 10.1. The minimum absolute atomic E-state index is 0.153. The van der Waals surface area contributed by atoms with Crippen molar-refractivity contribution >= 4 is 32.5 Å². The first kappa shape index (κ1) is 13.7. The van der Waals surface area contributed by atoms with E-state index in [2.05, 4.69) is 15.9 Å². The van der Waals surface area contributed by atoms with Gasteiger partial charge >= 0.3 is 0 Å². The van der Waals surface area contributed by atoms with E-state index in [4.69, 9.17) is 10.5 Å². The molecule has 0 saturated heterocycles. The Morgan fingerprint density at radius 1 is 1.14 bits per heavy atom. The van der Waals surface area contributed by atoms with Crippen LogP contribution in [0.5, 0.6) is 5.75 Å². The highest BCUT2D eigenvalue weighted by Crippen LogP contribution is 2.27. The molecule has 0 aliphatic heterocycles. The Morgan fingerprint density at radius 2 is 1.90 bits per heavy atom. The third kappa shape index (κ3) is 2.29. The van der Waals surface area contributed by atoms with Gasteiger partial charge in [-0.2, -0.15) is 0 Å². The van der Waals surface area contributed by atoms with Crippen LogP contribution in [0.15, 0.2) is 57.8 Å². The normalized spacial score (nSPS) is 10.8. The fourth-order valence-electron chi connectivity index (χ4n) is 2.32. The summed E-state index contributed by atoms with van der Waals surface area (Å²) in [7, 11) is 1.58. The van der Waals surface area contributed by atoms with Gasteiger partial charge in [0.25, 0.3) is 5.56 Å². The summed E-state index contributed by atoms with van der Waals surface area (Å²) >= 11 is 3.46. The SMILES string of the molecule is COc1ccc(Br)c(-n2c(N)cc3ccccc3c2=O)c1. The van der Waals surface area contributed by atoms with E-state index in [1.165, 1.54) is 4.57 Å². The number of fused-ring (bicyclic) bond motifs is 1. The molecule has 3 rings (SSSR count). The molecule has 0 saturated carbocycles. The number of benzene rings is 2. The number of nitrogen functional groups attached to an aromatic ring is 1. The summed E-state index contributed by atoms with van der Waals surface area (Å²) in [6.45, 7) is 0. The molecule has 3 aromatic rings. The molecule has 0 aliphatic carbocycles. The van der Waals surface area contributed by atoms with Gasteiger partial charge in [-0.05, 0) is 45.6 Å². The van der Waals surface area contributed by atoms with Crippen molar-refractivity contribution in [2.24, 2.45) is 0 Å². The molecule has 0 fully saturated rings. The van der Waals surface area contributed by atoms with Gasteiger partial charge in [-0.15, -0.1) is 0 Å². The zero-order valence-corrected chi connectivity index (χ0v) is 12.9. The van der Waals surface area contributed by atoms with Gasteiger partial charge in [0.15, 0.2) is 0 Å². The molecule has 106 valence electrons. The topological polar surface area (TPSA) is 57.2 Å². The molecule has 21 heavy (non-hydrogen) atoms. The number of hydrogen-bond acceptors (Lipinski definition) is 3. The fraction of sp³-hybridized carbons (Fsp3) is 0.0625. The Morgan fingerprint density at radius 3 is 2.67 bits per heavy atom. The van der Waals surface area contributed by atoms with E-state index in [-0.39, 0.29) is 5.56 Å². The van der Waals surface area contributed by atoms with Crippen molar-refractivity contribution in [3.8, 4) is 11.4 Å². The maximum atomic E-state index is 12.7. The van der Waals surface area contributed by atoms with Gasteiger partial charge < -0.3 is 10.5 Å². The maximum Gasteiger partial charge on any atom is 0.264 e. The van der Waals surface area contributed by atoms with E-state index >= 15 is 0 Å². The first-order valence-corrected chi connectivity index (χ1v) is 7.15. The molecule has 2 N–H and O–H groups in total. The van der Waals surface area contributed by atoms with Gasteiger partial charge in [-0.3, -0.25) is 9.36 Å². The number of pyridine rings is 1. The largest absolute Gasteiger partial charge is 0.497 e. The highest BCUT2D eigenvalue weighted by Gasteiger charge is 2.12. The number of anilines is 1. The first-order valence-electron chi connectivity index (χ1n) is 6.36. The Kier molecular flexibility index (Phi) is 3.43. The van der Waals surface area contributed by atoms with Gasteiger partial charge in [0.1, 0.15) is 11.6 Å². The van der Waals surface area contributed by atoms with Crippen LogP contribution < -0.4 is 16.0 Å². The quantitative estimate of drug-likeness (QED) is 0.775. The third-order valence-corrected chi connectivity index (χ3v) is 4.02. The van der Waals surface area contributed by atoms with Crippen LogP contribution in [0.2, 0.25) is 0 Å². The summed E-state index contributed by atoms with van der Waals surface area (Å²) in [5.74, 6) is 1.04. The minimum atomic E-state index is -0.153. The zero-order valence-electron chi connectivity index (χ0n) is 11.3. The molecule has 1 heterocycles. The number of aromatic nitrogens is 1. The summed E-state index contributed by atoms with van der Waals surface area (Å²) in [5.41, 5.74) is 6.58. The van der Waals surface area contributed by atoms with Crippen molar-refractivity contribution in [2.75, 3.05) is 12.8 Å². The molecule has 0 spiro atoms. The summed E-state index contributed by atoms with van der Waals surface area (Å²) < 4.78 is 7.47. The summed E-state index contributed by atoms with van der Waals surface area (Å²) in [5, 5.41) is 1.46. The smallest absolute Gasteiger partial charge is 0.264 e. The second-order valence-electron chi connectivity index (χ2n) is 4.61. The molecule has 5 heteroatoms. The summed E-state index contributed by atoms with van der Waals surface area (Å²) in [4.78, 5) is 12.7. The van der Waals surface area contributed by atoms with Crippen LogP contribution in [0.1, 0.15) is 0 Å². The highest BCUT2D eigenvalue weighted by molar-refractivity contribution is 9.10. The molecule has 0 unspecified atom stereocenters. The average molecular weight is 345 g/mol. The lowest BCUT2D eigenvalue weighted by Gasteiger charge is -2.14. The van der Waals surface area contributed by atoms with Gasteiger partial charge in [-0.1, -0.05) is 18.2 Å². The summed E-state index contributed by atoms with van der Waals surface area (Å²) in [6, 6.07) is 14.6. The van der Waals surface area contributed by atoms with E-state index in [1.54, 1.807) is 25.3 Å². The van der Waals surface area contributed by atoms with Crippen LogP contribution in [0.3, 0.4) is 0 Å². The molecule has 0 radical (unpaired) electrons. The Bertz CT molecular complexity index is 887. The standard InChI is InChI=1S/C16H13BrN2O2/c1-21-11-6-7-13(17)14(9-11)19-15(18)8-10-4-2-3-5-12(10)16(19)20/h2-9H,18H2,1H3. The number of halogens is 1.